The summed E-state index contributed by atoms with van der Waals surface area (Å²) in [4.78, 5) is 57.6. The molecule has 9 nitrogen and oxygen atoms in total. The van der Waals surface area contributed by atoms with Crippen molar-refractivity contribution in [2.24, 2.45) is 0 Å². The molecule has 4 rings (SSSR count). The monoisotopic (exact) mass is 428 g/mol. The third-order valence-electron chi connectivity index (χ3n) is 3.86. The Bertz CT molecular complexity index is 1340. The molecule has 0 aliphatic carbocycles. The van der Waals surface area contributed by atoms with Crippen LogP contribution in [0, 0.1) is 0 Å². The van der Waals surface area contributed by atoms with Crippen LogP contribution in [0.5, 0.6) is 0 Å². The minimum absolute atomic E-state index is 0.0767. The predicted molar refractivity (Wildman–Crippen MR) is 108 cm³/mol. The zero-order chi connectivity index (χ0) is 20.5. The number of carbonyl (C=O) groups excluding carboxylic acids is 3. The highest BCUT2D eigenvalue weighted by atomic mass is 32.1. The summed E-state index contributed by atoms with van der Waals surface area (Å²) in [6, 6.07) is 6.67. The molecule has 0 aromatic carbocycles. The number of hydrogen-bond acceptors (Lipinski definition) is 9. The molecule has 0 bridgehead atoms. The second-order valence-electron chi connectivity index (χ2n) is 5.72. The van der Waals surface area contributed by atoms with Crippen LogP contribution in [0.25, 0.3) is 15.9 Å². The minimum atomic E-state index is -1.00. The standard InChI is InChI=1S/C18H12N4O5S2/c1-2-27-17(26)13(23)10-8-28-18(19-10)21-14(24)11-7-9-15(29-11)20-12-5-3-4-6-22(12)16(9)25/h3-8H,2H2,1H3,(H,19,21,24). The van der Waals surface area contributed by atoms with Gasteiger partial charge in [-0.25, -0.2) is 14.8 Å². The molecule has 0 aliphatic heterocycles. The van der Waals surface area contributed by atoms with Crippen LogP contribution in [0.2, 0.25) is 0 Å². The Morgan fingerprint density at radius 2 is 2.07 bits per heavy atom. The molecule has 1 N–H and O–H groups in total. The third-order valence-corrected chi connectivity index (χ3v) is 5.64. The van der Waals surface area contributed by atoms with Crippen molar-refractivity contribution >= 4 is 61.3 Å². The fourth-order valence-corrected chi connectivity index (χ4v) is 4.17. The largest absolute Gasteiger partial charge is 0.460 e. The average molecular weight is 428 g/mol. The first-order valence-corrected chi connectivity index (χ1v) is 10.1. The number of amides is 1. The molecule has 11 heteroatoms. The number of pyridine rings is 1. The van der Waals surface area contributed by atoms with Gasteiger partial charge in [0.05, 0.1) is 16.9 Å². The first-order valence-electron chi connectivity index (χ1n) is 8.37. The highest BCUT2D eigenvalue weighted by Gasteiger charge is 2.22. The maximum Gasteiger partial charge on any atom is 0.381 e. The summed E-state index contributed by atoms with van der Waals surface area (Å²) in [5.74, 6) is -2.38. The molecule has 1 amide bonds. The number of nitrogens with zero attached hydrogens (tertiary/aromatic N) is 3. The summed E-state index contributed by atoms with van der Waals surface area (Å²) in [5, 5.41) is 4.41. The Balaban J connectivity index is 1.59. The lowest BCUT2D eigenvalue weighted by atomic mass is 10.3. The van der Waals surface area contributed by atoms with Crippen molar-refractivity contribution in [1.29, 1.82) is 0 Å². The quantitative estimate of drug-likeness (QED) is 0.294. The molecule has 0 saturated carbocycles. The Morgan fingerprint density at radius 1 is 1.24 bits per heavy atom. The molecule has 4 heterocycles. The van der Waals surface area contributed by atoms with Crippen molar-refractivity contribution in [1.82, 2.24) is 14.4 Å². The van der Waals surface area contributed by atoms with Crippen LogP contribution in [0.15, 0.2) is 40.6 Å². The van der Waals surface area contributed by atoms with Crippen molar-refractivity contribution in [3.05, 3.63) is 56.8 Å². The van der Waals surface area contributed by atoms with Gasteiger partial charge in [0.15, 0.2) is 5.13 Å². The van der Waals surface area contributed by atoms with Gasteiger partial charge in [0, 0.05) is 11.6 Å². The van der Waals surface area contributed by atoms with E-state index in [4.69, 9.17) is 0 Å². The Labute approximate surface area is 170 Å². The Morgan fingerprint density at radius 3 is 2.86 bits per heavy atom. The van der Waals surface area contributed by atoms with E-state index in [1.165, 1.54) is 15.8 Å². The molecule has 0 atom stereocenters. The van der Waals surface area contributed by atoms with Gasteiger partial charge in [0.2, 0.25) is 0 Å². The second kappa shape index (κ2) is 7.53. The summed E-state index contributed by atoms with van der Waals surface area (Å²) in [5.41, 5.74) is 0.115. The molecule has 0 radical (unpaired) electrons. The first kappa shape index (κ1) is 18.9. The van der Waals surface area contributed by atoms with Crippen molar-refractivity contribution in [3.63, 3.8) is 0 Å². The molecule has 0 unspecified atom stereocenters. The number of nitrogens with one attached hydrogen (secondary N) is 1. The first-order chi connectivity index (χ1) is 14.0. The molecule has 29 heavy (non-hydrogen) atoms. The molecule has 0 saturated heterocycles. The van der Waals surface area contributed by atoms with Gasteiger partial charge in [-0.15, -0.1) is 22.7 Å². The van der Waals surface area contributed by atoms with Gasteiger partial charge in [-0.1, -0.05) is 6.07 Å². The normalized spacial score (nSPS) is 10.9. The number of thiazole rings is 1. The molecule has 0 aliphatic rings. The number of carbonyl (C=O) groups is 3. The van der Waals surface area contributed by atoms with Crippen LogP contribution in [0.3, 0.4) is 0 Å². The van der Waals surface area contributed by atoms with Crippen molar-refractivity contribution in [2.45, 2.75) is 6.92 Å². The lowest BCUT2D eigenvalue weighted by molar-refractivity contribution is -0.137. The Hall–Kier alpha value is -3.44. The zero-order valence-electron chi connectivity index (χ0n) is 14.9. The summed E-state index contributed by atoms with van der Waals surface area (Å²) >= 11 is 2.08. The van der Waals surface area contributed by atoms with Gasteiger partial charge < -0.3 is 4.74 Å². The van der Waals surface area contributed by atoms with E-state index in [9.17, 15) is 19.2 Å². The van der Waals surface area contributed by atoms with E-state index >= 15 is 0 Å². The predicted octanol–water partition coefficient (Wildman–Crippen LogP) is 2.36. The van der Waals surface area contributed by atoms with Gasteiger partial charge in [-0.05, 0) is 25.1 Å². The average Bonchev–Trinajstić information content (AvgIpc) is 3.35. The molecule has 0 spiro atoms. The van der Waals surface area contributed by atoms with Crippen LogP contribution in [0.1, 0.15) is 27.1 Å². The maximum atomic E-state index is 12.6. The van der Waals surface area contributed by atoms with Gasteiger partial charge >= 0.3 is 5.97 Å². The lowest BCUT2D eigenvalue weighted by Gasteiger charge is -1.98. The van der Waals surface area contributed by atoms with E-state index in [-0.39, 0.29) is 27.9 Å². The summed E-state index contributed by atoms with van der Waals surface area (Å²) in [7, 11) is 0. The number of aromatic nitrogens is 3. The van der Waals surface area contributed by atoms with Gasteiger partial charge in [-0.2, -0.15) is 0 Å². The highest BCUT2D eigenvalue weighted by Crippen LogP contribution is 2.24. The van der Waals surface area contributed by atoms with Gasteiger partial charge in [0.25, 0.3) is 17.2 Å². The zero-order valence-corrected chi connectivity index (χ0v) is 16.5. The number of hydrogen-bond donors (Lipinski definition) is 1. The number of esters is 1. The smallest absolute Gasteiger partial charge is 0.381 e. The summed E-state index contributed by atoms with van der Waals surface area (Å²) in [6.45, 7) is 1.67. The lowest BCUT2D eigenvalue weighted by Crippen LogP contribution is -2.18. The van der Waals surface area contributed by atoms with Crippen molar-refractivity contribution < 1.29 is 19.1 Å². The van der Waals surface area contributed by atoms with Gasteiger partial charge in [0.1, 0.15) is 16.2 Å². The number of anilines is 1. The summed E-state index contributed by atoms with van der Waals surface area (Å²) < 4.78 is 6.05. The maximum absolute atomic E-state index is 12.6. The Kier molecular flexibility index (Phi) is 4.91. The number of Topliss-reactive ketones (excluding diaryl/α,β-unsaturated/α-hetero) is 1. The molecular weight excluding hydrogens is 416 g/mol. The number of fused-ring (bicyclic) bond motifs is 2. The molecular formula is C18H12N4O5S2. The number of ether oxygens (including phenoxy) is 1. The third kappa shape index (κ3) is 3.52. The highest BCUT2D eigenvalue weighted by molar-refractivity contribution is 7.20. The van der Waals surface area contributed by atoms with E-state index < -0.39 is 17.7 Å². The molecule has 4 aromatic rings. The van der Waals surface area contributed by atoms with E-state index in [0.29, 0.717) is 15.9 Å². The number of rotatable bonds is 5. The van der Waals surface area contributed by atoms with Crippen LogP contribution in [-0.2, 0) is 9.53 Å². The van der Waals surface area contributed by atoms with E-state index in [1.807, 2.05) is 0 Å². The van der Waals surface area contributed by atoms with Crippen LogP contribution >= 0.6 is 22.7 Å². The van der Waals surface area contributed by atoms with Crippen molar-refractivity contribution in [2.75, 3.05) is 11.9 Å². The fourth-order valence-electron chi connectivity index (χ4n) is 2.56. The molecule has 146 valence electrons. The molecule has 4 aromatic heterocycles. The van der Waals surface area contributed by atoms with Crippen LogP contribution < -0.4 is 10.9 Å². The van der Waals surface area contributed by atoms with Crippen LogP contribution in [0.4, 0.5) is 5.13 Å². The molecule has 0 fully saturated rings. The fraction of sp³-hybridized carbons (Fsp3) is 0.111. The summed E-state index contributed by atoms with van der Waals surface area (Å²) in [6.07, 6.45) is 1.61. The topological polar surface area (TPSA) is 120 Å². The SMILES string of the molecule is CCOC(=O)C(=O)c1csc(NC(=O)c2cc3c(=O)n4ccccc4nc3s2)n1. The number of ketones is 1. The second-order valence-corrected chi connectivity index (χ2v) is 7.61. The number of thiophene rings is 1. The van der Waals surface area contributed by atoms with E-state index in [2.05, 4.69) is 20.0 Å². The van der Waals surface area contributed by atoms with E-state index in [1.54, 1.807) is 31.3 Å². The van der Waals surface area contributed by atoms with Gasteiger partial charge in [-0.3, -0.25) is 24.1 Å². The van der Waals surface area contributed by atoms with E-state index in [0.717, 1.165) is 22.7 Å². The van der Waals surface area contributed by atoms with Crippen LogP contribution in [-0.4, -0.2) is 38.6 Å². The minimum Gasteiger partial charge on any atom is -0.460 e. The van der Waals surface area contributed by atoms with Crippen molar-refractivity contribution in [3.8, 4) is 0 Å².